The van der Waals surface area contributed by atoms with E-state index in [1.165, 1.54) is 11.1 Å². The van der Waals surface area contributed by atoms with Crippen LogP contribution in [0.15, 0.2) is 53.0 Å². The monoisotopic (exact) mass is 344 g/mol. The van der Waals surface area contributed by atoms with Gasteiger partial charge in [-0.2, -0.15) is 5.26 Å². The molecule has 0 saturated heterocycles. The number of hydrogen-bond donors (Lipinski definition) is 1. The van der Waals surface area contributed by atoms with Gasteiger partial charge in [-0.3, -0.25) is 0 Å². The summed E-state index contributed by atoms with van der Waals surface area (Å²) in [7, 11) is 0. The lowest BCUT2D eigenvalue weighted by molar-refractivity contribution is 0.368. The predicted molar refractivity (Wildman–Crippen MR) is 86.9 cm³/mol. The van der Waals surface area contributed by atoms with Crippen molar-refractivity contribution in [3.8, 4) is 11.8 Å². The van der Waals surface area contributed by atoms with E-state index < -0.39 is 0 Å². The molecule has 0 aromatic heterocycles. The van der Waals surface area contributed by atoms with Crippen LogP contribution in [0.2, 0.25) is 0 Å². The Morgan fingerprint density at radius 2 is 1.81 bits per heavy atom. The van der Waals surface area contributed by atoms with Gasteiger partial charge in [0.15, 0.2) is 6.61 Å². The van der Waals surface area contributed by atoms with Gasteiger partial charge in [-0.1, -0.05) is 40.2 Å². The van der Waals surface area contributed by atoms with E-state index in [9.17, 15) is 0 Å². The molecule has 0 saturated carbocycles. The van der Waals surface area contributed by atoms with Gasteiger partial charge in [-0.05, 0) is 42.3 Å². The number of rotatable bonds is 6. The van der Waals surface area contributed by atoms with E-state index in [-0.39, 0.29) is 12.6 Å². The molecule has 0 fully saturated rings. The smallest absolute Gasteiger partial charge is 0.174 e. The summed E-state index contributed by atoms with van der Waals surface area (Å²) in [5.41, 5.74) is 2.44. The summed E-state index contributed by atoms with van der Waals surface area (Å²) in [6, 6.07) is 18.3. The van der Waals surface area contributed by atoms with Crippen LogP contribution in [0.25, 0.3) is 0 Å². The SMILES string of the molecule is CC(NCc1ccc(Br)cc1)c1ccc(OCC#N)cc1. The van der Waals surface area contributed by atoms with E-state index >= 15 is 0 Å². The van der Waals surface area contributed by atoms with Crippen LogP contribution < -0.4 is 10.1 Å². The first-order valence-electron chi connectivity index (χ1n) is 6.76. The topological polar surface area (TPSA) is 45.0 Å². The minimum atomic E-state index is 0.0801. The number of nitrogens with one attached hydrogen (secondary N) is 1. The standard InChI is InChI=1S/C17H17BrN2O/c1-13(20-12-14-2-6-16(18)7-3-14)15-4-8-17(9-5-15)21-11-10-19/h2-9,13,20H,11-12H2,1H3. The van der Waals surface area contributed by atoms with E-state index in [4.69, 9.17) is 10.00 Å². The summed E-state index contributed by atoms with van der Waals surface area (Å²) in [5.74, 6) is 0.723. The molecule has 0 aliphatic carbocycles. The molecular weight excluding hydrogens is 328 g/mol. The van der Waals surface area contributed by atoms with Crippen LogP contribution in [-0.2, 0) is 6.54 Å². The zero-order valence-corrected chi connectivity index (χ0v) is 13.4. The van der Waals surface area contributed by atoms with Gasteiger partial charge in [0.05, 0.1) is 0 Å². The maximum atomic E-state index is 8.48. The van der Waals surface area contributed by atoms with Crippen molar-refractivity contribution in [1.29, 1.82) is 5.26 Å². The predicted octanol–water partition coefficient (Wildman–Crippen LogP) is 4.20. The van der Waals surface area contributed by atoms with Gasteiger partial charge < -0.3 is 10.1 Å². The Bertz CT molecular complexity index is 602. The van der Waals surface area contributed by atoms with Crippen LogP contribution in [-0.4, -0.2) is 6.61 Å². The number of nitriles is 1. The third kappa shape index (κ3) is 4.89. The molecule has 0 radical (unpaired) electrons. The van der Waals surface area contributed by atoms with Crippen molar-refractivity contribution in [2.24, 2.45) is 0 Å². The number of halogens is 1. The van der Waals surface area contributed by atoms with E-state index in [0.29, 0.717) is 0 Å². The average Bonchev–Trinajstić information content (AvgIpc) is 2.52. The summed E-state index contributed by atoms with van der Waals surface area (Å²) in [6.45, 7) is 3.03. The fourth-order valence-electron chi connectivity index (χ4n) is 1.96. The first-order chi connectivity index (χ1) is 10.2. The van der Waals surface area contributed by atoms with E-state index in [0.717, 1.165) is 16.8 Å². The molecular formula is C17H17BrN2O. The first-order valence-corrected chi connectivity index (χ1v) is 7.56. The molecule has 2 rings (SSSR count). The Morgan fingerprint density at radius 3 is 2.43 bits per heavy atom. The van der Waals surface area contributed by atoms with Crippen molar-refractivity contribution < 1.29 is 4.74 Å². The molecule has 108 valence electrons. The van der Waals surface area contributed by atoms with Crippen LogP contribution in [0.3, 0.4) is 0 Å². The number of nitrogens with zero attached hydrogens (tertiary/aromatic N) is 1. The van der Waals surface area contributed by atoms with Gasteiger partial charge >= 0.3 is 0 Å². The molecule has 2 aromatic rings. The van der Waals surface area contributed by atoms with Crippen LogP contribution in [0.4, 0.5) is 0 Å². The second-order valence-electron chi connectivity index (χ2n) is 4.74. The van der Waals surface area contributed by atoms with E-state index in [2.05, 4.69) is 40.3 Å². The summed E-state index contributed by atoms with van der Waals surface area (Å²) >= 11 is 3.43. The zero-order valence-electron chi connectivity index (χ0n) is 11.8. The summed E-state index contributed by atoms with van der Waals surface area (Å²) < 4.78 is 6.33. The highest BCUT2D eigenvalue weighted by Gasteiger charge is 2.05. The highest BCUT2D eigenvalue weighted by Crippen LogP contribution is 2.18. The zero-order chi connectivity index (χ0) is 15.1. The Morgan fingerprint density at radius 1 is 1.14 bits per heavy atom. The molecule has 1 N–H and O–H groups in total. The van der Waals surface area contributed by atoms with Crippen LogP contribution in [0.5, 0.6) is 5.75 Å². The van der Waals surface area contributed by atoms with Crippen molar-refractivity contribution in [2.45, 2.75) is 19.5 Å². The number of hydrogen-bond acceptors (Lipinski definition) is 3. The van der Waals surface area contributed by atoms with Gasteiger partial charge in [-0.15, -0.1) is 0 Å². The molecule has 2 aromatic carbocycles. The van der Waals surface area contributed by atoms with Crippen molar-refractivity contribution in [1.82, 2.24) is 5.32 Å². The molecule has 0 spiro atoms. The van der Waals surface area contributed by atoms with Crippen LogP contribution >= 0.6 is 15.9 Å². The fourth-order valence-corrected chi connectivity index (χ4v) is 2.22. The highest BCUT2D eigenvalue weighted by atomic mass is 79.9. The van der Waals surface area contributed by atoms with Gasteiger partial charge in [0.25, 0.3) is 0 Å². The van der Waals surface area contributed by atoms with Crippen LogP contribution in [0, 0.1) is 11.3 Å². The number of benzene rings is 2. The van der Waals surface area contributed by atoms with Crippen molar-refractivity contribution in [3.63, 3.8) is 0 Å². The number of ether oxygens (including phenoxy) is 1. The third-order valence-electron chi connectivity index (χ3n) is 3.21. The van der Waals surface area contributed by atoms with Gasteiger partial charge in [0, 0.05) is 17.1 Å². The Labute approximate surface area is 133 Å². The normalized spacial score (nSPS) is 11.7. The quantitative estimate of drug-likeness (QED) is 0.853. The van der Waals surface area contributed by atoms with Crippen LogP contribution in [0.1, 0.15) is 24.1 Å². The van der Waals surface area contributed by atoms with Gasteiger partial charge in [-0.25, -0.2) is 0 Å². The molecule has 0 heterocycles. The van der Waals surface area contributed by atoms with E-state index in [1.54, 1.807) is 0 Å². The van der Waals surface area contributed by atoms with Crippen molar-refractivity contribution in [2.75, 3.05) is 6.61 Å². The molecule has 21 heavy (non-hydrogen) atoms. The molecule has 1 atom stereocenters. The van der Waals surface area contributed by atoms with Crippen molar-refractivity contribution in [3.05, 3.63) is 64.1 Å². The van der Waals surface area contributed by atoms with Crippen molar-refractivity contribution >= 4 is 15.9 Å². The Hall–Kier alpha value is -1.83. The Balaban J connectivity index is 1.89. The lowest BCUT2D eigenvalue weighted by Crippen LogP contribution is -2.17. The third-order valence-corrected chi connectivity index (χ3v) is 3.74. The molecule has 4 heteroatoms. The van der Waals surface area contributed by atoms with E-state index in [1.807, 2.05) is 42.5 Å². The molecule has 0 bridgehead atoms. The highest BCUT2D eigenvalue weighted by molar-refractivity contribution is 9.10. The lowest BCUT2D eigenvalue weighted by Gasteiger charge is -2.15. The van der Waals surface area contributed by atoms with Gasteiger partial charge in [0.1, 0.15) is 11.8 Å². The lowest BCUT2D eigenvalue weighted by atomic mass is 10.1. The second-order valence-corrected chi connectivity index (χ2v) is 5.66. The fraction of sp³-hybridized carbons (Fsp3) is 0.235. The molecule has 1 unspecified atom stereocenters. The van der Waals surface area contributed by atoms with Gasteiger partial charge in [0.2, 0.25) is 0 Å². The summed E-state index contributed by atoms with van der Waals surface area (Å²) in [5, 5.41) is 12.0. The molecule has 0 aliphatic heterocycles. The second kappa shape index (κ2) is 7.82. The Kier molecular flexibility index (Phi) is 5.79. The first kappa shape index (κ1) is 15.6. The summed E-state index contributed by atoms with van der Waals surface area (Å²) in [6.07, 6.45) is 0. The molecule has 0 aliphatic rings. The average molecular weight is 345 g/mol. The summed E-state index contributed by atoms with van der Waals surface area (Å²) in [4.78, 5) is 0. The minimum absolute atomic E-state index is 0.0801. The minimum Gasteiger partial charge on any atom is -0.479 e. The molecule has 3 nitrogen and oxygen atoms in total. The maximum absolute atomic E-state index is 8.48. The molecule has 0 amide bonds. The maximum Gasteiger partial charge on any atom is 0.174 e. The largest absolute Gasteiger partial charge is 0.479 e.